The molecule has 4 heteroatoms. The Balaban J connectivity index is 2.20. The minimum atomic E-state index is 0.406. The summed E-state index contributed by atoms with van der Waals surface area (Å²) in [5.74, 6) is 2.37. The van der Waals surface area contributed by atoms with Gasteiger partial charge in [0.15, 0.2) is 0 Å². The summed E-state index contributed by atoms with van der Waals surface area (Å²) in [4.78, 5) is 0. The molecule has 1 saturated carbocycles. The molecular weight excluding hydrogens is 210 g/mol. The van der Waals surface area contributed by atoms with Gasteiger partial charge in [0, 0.05) is 12.0 Å². The third kappa shape index (κ3) is 2.33. The van der Waals surface area contributed by atoms with E-state index in [-0.39, 0.29) is 0 Å². The Morgan fingerprint density at radius 3 is 2.53 bits per heavy atom. The zero-order valence-corrected chi connectivity index (χ0v) is 10.3. The van der Waals surface area contributed by atoms with Gasteiger partial charge < -0.3 is 0 Å². The molecule has 15 heavy (non-hydrogen) atoms. The van der Waals surface area contributed by atoms with Crippen molar-refractivity contribution >= 4 is 11.6 Å². The molecule has 1 aliphatic rings. The molecule has 0 amide bonds. The van der Waals surface area contributed by atoms with Crippen LogP contribution < -0.4 is 0 Å². The van der Waals surface area contributed by atoms with E-state index in [9.17, 15) is 0 Å². The Bertz CT molecular complexity index is 342. The third-order valence-electron chi connectivity index (χ3n) is 2.88. The minimum Gasteiger partial charge on any atom is -0.299 e. The average Bonchev–Trinajstić information content (AvgIpc) is 2.89. The molecule has 0 radical (unpaired) electrons. The van der Waals surface area contributed by atoms with E-state index in [0.29, 0.717) is 23.2 Å². The highest BCUT2D eigenvalue weighted by molar-refractivity contribution is 6.28. The van der Waals surface area contributed by atoms with Gasteiger partial charge in [-0.2, -0.15) is 0 Å². The van der Waals surface area contributed by atoms with Crippen LogP contribution in [0, 0.1) is 5.92 Å². The molecule has 0 saturated heterocycles. The molecule has 1 unspecified atom stereocenters. The highest BCUT2D eigenvalue weighted by atomic mass is 35.5. The summed E-state index contributed by atoms with van der Waals surface area (Å²) in [5, 5.41) is 8.72. The van der Waals surface area contributed by atoms with Crippen LogP contribution in [0.25, 0.3) is 0 Å². The fourth-order valence-corrected chi connectivity index (χ4v) is 2.39. The molecule has 3 nitrogen and oxygen atoms in total. The van der Waals surface area contributed by atoms with Crippen molar-refractivity contribution in [3.8, 4) is 0 Å². The molecule has 1 fully saturated rings. The fourth-order valence-electron chi connectivity index (χ4n) is 2.10. The van der Waals surface area contributed by atoms with Crippen molar-refractivity contribution in [1.82, 2.24) is 14.8 Å². The highest BCUT2D eigenvalue weighted by Gasteiger charge is 2.31. The SMILES string of the molecule is CC(C)CC(C)n1c(Cl)nnc1C1CC1. The molecule has 0 N–H and O–H groups in total. The summed E-state index contributed by atoms with van der Waals surface area (Å²) in [5.41, 5.74) is 0. The quantitative estimate of drug-likeness (QED) is 0.789. The topological polar surface area (TPSA) is 30.7 Å². The number of rotatable bonds is 4. The second kappa shape index (κ2) is 4.12. The maximum atomic E-state index is 6.08. The van der Waals surface area contributed by atoms with Crippen LogP contribution in [0.2, 0.25) is 5.28 Å². The maximum Gasteiger partial charge on any atom is 0.225 e. The molecular formula is C11H18ClN3. The van der Waals surface area contributed by atoms with E-state index >= 15 is 0 Å². The van der Waals surface area contributed by atoms with Crippen molar-refractivity contribution in [1.29, 1.82) is 0 Å². The summed E-state index contributed by atoms with van der Waals surface area (Å²) in [6.07, 6.45) is 3.60. The second-order valence-electron chi connectivity index (χ2n) is 4.95. The number of nitrogens with zero attached hydrogens (tertiary/aromatic N) is 3. The van der Waals surface area contributed by atoms with Gasteiger partial charge >= 0.3 is 0 Å². The van der Waals surface area contributed by atoms with Crippen molar-refractivity contribution in [2.45, 2.75) is 52.0 Å². The first-order chi connectivity index (χ1) is 7.09. The molecule has 84 valence electrons. The first-order valence-electron chi connectivity index (χ1n) is 5.70. The van der Waals surface area contributed by atoms with Crippen LogP contribution in [-0.4, -0.2) is 14.8 Å². The van der Waals surface area contributed by atoms with E-state index in [1.807, 2.05) is 0 Å². The Morgan fingerprint density at radius 2 is 2.00 bits per heavy atom. The van der Waals surface area contributed by atoms with Gasteiger partial charge in [0.2, 0.25) is 5.28 Å². The van der Waals surface area contributed by atoms with E-state index in [4.69, 9.17) is 11.6 Å². The standard InChI is InChI=1S/C11H18ClN3/c1-7(2)6-8(3)15-10(9-4-5-9)13-14-11(15)12/h7-9H,4-6H2,1-3H3. The number of halogens is 1. The Labute approximate surface area is 95.8 Å². The number of hydrogen-bond acceptors (Lipinski definition) is 2. The fraction of sp³-hybridized carbons (Fsp3) is 0.818. The van der Waals surface area contributed by atoms with E-state index in [0.717, 1.165) is 12.2 Å². The summed E-state index contributed by atoms with van der Waals surface area (Å²) in [6.45, 7) is 6.65. The predicted octanol–water partition coefficient (Wildman–Crippen LogP) is 3.42. The predicted molar refractivity (Wildman–Crippen MR) is 61.2 cm³/mol. The van der Waals surface area contributed by atoms with E-state index in [1.54, 1.807) is 0 Å². The van der Waals surface area contributed by atoms with Gasteiger partial charge in [0.1, 0.15) is 5.82 Å². The lowest BCUT2D eigenvalue weighted by Crippen LogP contribution is -2.11. The second-order valence-corrected chi connectivity index (χ2v) is 5.29. The van der Waals surface area contributed by atoms with Gasteiger partial charge in [0.05, 0.1) is 0 Å². The van der Waals surface area contributed by atoms with Crippen molar-refractivity contribution in [2.75, 3.05) is 0 Å². The van der Waals surface area contributed by atoms with Crippen LogP contribution >= 0.6 is 11.6 Å². The van der Waals surface area contributed by atoms with Crippen molar-refractivity contribution in [2.24, 2.45) is 5.92 Å². The lowest BCUT2D eigenvalue weighted by atomic mass is 10.1. The molecule has 1 heterocycles. The Kier molecular flexibility index (Phi) is 3.01. The smallest absolute Gasteiger partial charge is 0.225 e. The summed E-state index contributed by atoms with van der Waals surface area (Å²) in [6, 6.07) is 0.406. The van der Waals surface area contributed by atoms with Gasteiger partial charge in [0.25, 0.3) is 0 Å². The van der Waals surface area contributed by atoms with Crippen LogP contribution in [0.4, 0.5) is 0 Å². The van der Waals surface area contributed by atoms with Crippen LogP contribution in [-0.2, 0) is 0 Å². The highest BCUT2D eigenvalue weighted by Crippen LogP contribution is 2.41. The molecule has 2 rings (SSSR count). The van der Waals surface area contributed by atoms with Crippen LogP contribution in [0.5, 0.6) is 0 Å². The van der Waals surface area contributed by atoms with E-state index in [2.05, 4.69) is 35.5 Å². The largest absolute Gasteiger partial charge is 0.299 e. The first kappa shape index (κ1) is 10.9. The summed E-state index contributed by atoms with van der Waals surface area (Å²) in [7, 11) is 0. The molecule has 0 bridgehead atoms. The number of aromatic nitrogens is 3. The lowest BCUT2D eigenvalue weighted by molar-refractivity contribution is 0.417. The zero-order chi connectivity index (χ0) is 11.0. The summed E-state index contributed by atoms with van der Waals surface area (Å²) >= 11 is 6.08. The van der Waals surface area contributed by atoms with E-state index < -0.39 is 0 Å². The molecule has 1 aromatic heterocycles. The normalized spacial score (nSPS) is 18.5. The molecule has 0 aromatic carbocycles. The Hall–Kier alpha value is -0.570. The molecule has 1 atom stereocenters. The van der Waals surface area contributed by atoms with Gasteiger partial charge in [-0.1, -0.05) is 13.8 Å². The Morgan fingerprint density at radius 1 is 1.33 bits per heavy atom. The van der Waals surface area contributed by atoms with Gasteiger partial charge in [-0.3, -0.25) is 4.57 Å². The summed E-state index contributed by atoms with van der Waals surface area (Å²) < 4.78 is 2.11. The molecule has 1 aliphatic carbocycles. The van der Waals surface area contributed by atoms with Crippen molar-refractivity contribution < 1.29 is 0 Å². The molecule has 0 spiro atoms. The van der Waals surface area contributed by atoms with Crippen molar-refractivity contribution in [3.05, 3.63) is 11.1 Å². The molecule has 0 aliphatic heterocycles. The average molecular weight is 228 g/mol. The molecule has 1 aromatic rings. The maximum absolute atomic E-state index is 6.08. The van der Waals surface area contributed by atoms with E-state index in [1.165, 1.54) is 12.8 Å². The minimum absolute atomic E-state index is 0.406. The van der Waals surface area contributed by atoms with Gasteiger partial charge in [-0.15, -0.1) is 10.2 Å². The van der Waals surface area contributed by atoms with Gasteiger partial charge in [-0.05, 0) is 43.7 Å². The first-order valence-corrected chi connectivity index (χ1v) is 6.07. The third-order valence-corrected chi connectivity index (χ3v) is 3.13. The number of hydrogen-bond donors (Lipinski definition) is 0. The monoisotopic (exact) mass is 227 g/mol. The lowest BCUT2D eigenvalue weighted by Gasteiger charge is -2.18. The zero-order valence-electron chi connectivity index (χ0n) is 9.57. The van der Waals surface area contributed by atoms with Crippen LogP contribution in [0.3, 0.4) is 0 Å². The van der Waals surface area contributed by atoms with Crippen LogP contribution in [0.15, 0.2) is 0 Å². The van der Waals surface area contributed by atoms with Gasteiger partial charge in [-0.25, -0.2) is 0 Å². The van der Waals surface area contributed by atoms with Crippen LogP contribution in [0.1, 0.15) is 57.8 Å². The van der Waals surface area contributed by atoms with Crippen molar-refractivity contribution in [3.63, 3.8) is 0 Å².